The fraction of sp³-hybridized carbons (Fsp3) is 0.517. The van der Waals surface area contributed by atoms with Gasteiger partial charge in [0.2, 0.25) is 5.91 Å². The molecule has 0 radical (unpaired) electrons. The summed E-state index contributed by atoms with van der Waals surface area (Å²) in [5.74, 6) is 2.11. The summed E-state index contributed by atoms with van der Waals surface area (Å²) in [6, 6.07) is 18.2. The van der Waals surface area contributed by atoms with E-state index in [0.717, 1.165) is 31.2 Å². The van der Waals surface area contributed by atoms with Gasteiger partial charge in [0.05, 0.1) is 0 Å². The molecule has 7 rings (SSSR count). The van der Waals surface area contributed by atoms with E-state index in [0.29, 0.717) is 30.8 Å². The minimum atomic E-state index is -0.323. The van der Waals surface area contributed by atoms with E-state index in [1.54, 1.807) is 0 Å². The summed E-state index contributed by atoms with van der Waals surface area (Å²) >= 11 is 0. The highest BCUT2D eigenvalue weighted by Gasteiger charge is 2.55. The second-order valence-corrected chi connectivity index (χ2v) is 11.1. The molecule has 0 N–H and O–H groups in total. The third kappa shape index (κ3) is 4.10. The Bertz CT molecular complexity index is 1030. The van der Waals surface area contributed by atoms with Crippen LogP contribution < -0.4 is 0 Å². The van der Waals surface area contributed by atoms with E-state index >= 15 is 0 Å². The van der Waals surface area contributed by atoms with Gasteiger partial charge in [-0.1, -0.05) is 54.6 Å². The van der Waals surface area contributed by atoms with Gasteiger partial charge in [-0.15, -0.1) is 0 Å². The number of hydrogen-bond donors (Lipinski definition) is 0. The van der Waals surface area contributed by atoms with Crippen LogP contribution in [0, 0.1) is 17.8 Å². The fourth-order valence-corrected chi connectivity index (χ4v) is 7.56. The first-order valence-corrected chi connectivity index (χ1v) is 12.9. The molecule has 4 saturated carbocycles. The fourth-order valence-electron chi connectivity index (χ4n) is 7.56. The predicted molar refractivity (Wildman–Crippen MR) is 130 cm³/mol. The quantitative estimate of drug-likeness (QED) is 0.620. The maximum atomic E-state index is 13.6. The zero-order chi connectivity index (χ0) is 23.1. The molecule has 2 amide bonds. The number of carbonyl (C=O) groups is 2. The number of rotatable bonds is 5. The average molecular weight is 459 g/mol. The number of nitrogens with zero attached hydrogens (tertiary/aromatic N) is 2. The van der Waals surface area contributed by atoms with Gasteiger partial charge in [-0.05, 0) is 79.4 Å². The molecule has 4 fully saturated rings. The van der Waals surface area contributed by atoms with Crippen LogP contribution in [0.25, 0.3) is 0 Å². The molecule has 0 spiro atoms. The van der Waals surface area contributed by atoms with Gasteiger partial charge in [0.1, 0.15) is 13.2 Å². The van der Waals surface area contributed by atoms with Gasteiger partial charge in [0.15, 0.2) is 0 Å². The summed E-state index contributed by atoms with van der Waals surface area (Å²) in [5, 5.41) is 0. The van der Waals surface area contributed by atoms with E-state index in [1.807, 2.05) is 46.2 Å². The van der Waals surface area contributed by atoms with Crippen LogP contribution >= 0.6 is 0 Å². The van der Waals surface area contributed by atoms with Gasteiger partial charge in [-0.25, -0.2) is 4.79 Å². The van der Waals surface area contributed by atoms with Crippen molar-refractivity contribution in [2.24, 2.45) is 17.8 Å². The first-order chi connectivity index (χ1) is 16.6. The summed E-state index contributed by atoms with van der Waals surface area (Å²) in [4.78, 5) is 30.9. The van der Waals surface area contributed by atoms with Gasteiger partial charge in [0.25, 0.3) is 0 Å². The van der Waals surface area contributed by atoms with Crippen molar-refractivity contribution in [2.75, 3.05) is 13.1 Å². The molecule has 0 aromatic heterocycles. The number of ether oxygens (including phenoxy) is 1. The zero-order valence-electron chi connectivity index (χ0n) is 19.8. The van der Waals surface area contributed by atoms with E-state index in [4.69, 9.17) is 4.74 Å². The van der Waals surface area contributed by atoms with E-state index in [9.17, 15) is 9.59 Å². The standard InChI is InChI=1S/C29H34N2O3/c32-27(30-11-10-25-8-4-5-9-26(25)18-30)19-31(28(33)34-20-21-6-2-1-3-7-21)29-15-22-12-23(16-29)14-24(13-22)17-29/h1-9,22-24H,10-20H2. The maximum Gasteiger partial charge on any atom is 0.411 e. The third-order valence-corrected chi connectivity index (χ3v) is 8.78. The van der Waals surface area contributed by atoms with Crippen LogP contribution in [0.4, 0.5) is 4.79 Å². The smallest absolute Gasteiger partial charge is 0.411 e. The van der Waals surface area contributed by atoms with Crippen molar-refractivity contribution >= 4 is 12.0 Å². The minimum Gasteiger partial charge on any atom is -0.445 e. The van der Waals surface area contributed by atoms with Gasteiger partial charge < -0.3 is 9.64 Å². The Morgan fingerprint density at radius 1 is 0.882 bits per heavy atom. The summed E-state index contributed by atoms with van der Waals surface area (Å²) in [6.07, 6.45) is 7.50. The summed E-state index contributed by atoms with van der Waals surface area (Å²) in [7, 11) is 0. The normalized spacial score (nSPS) is 28.9. The first-order valence-electron chi connectivity index (χ1n) is 12.9. The number of hydrogen-bond acceptors (Lipinski definition) is 3. The highest BCUT2D eigenvalue weighted by molar-refractivity contribution is 5.83. The van der Waals surface area contributed by atoms with Crippen molar-refractivity contribution in [3.63, 3.8) is 0 Å². The first kappa shape index (κ1) is 21.7. The lowest BCUT2D eigenvalue weighted by molar-refractivity contribution is -0.139. The van der Waals surface area contributed by atoms with Crippen molar-refractivity contribution in [1.29, 1.82) is 0 Å². The molecule has 5 nitrogen and oxygen atoms in total. The third-order valence-electron chi connectivity index (χ3n) is 8.78. The largest absolute Gasteiger partial charge is 0.445 e. The van der Waals surface area contributed by atoms with E-state index in [1.165, 1.54) is 30.4 Å². The molecule has 34 heavy (non-hydrogen) atoms. The van der Waals surface area contributed by atoms with Crippen LogP contribution in [-0.4, -0.2) is 40.4 Å². The molecule has 2 aromatic carbocycles. The van der Waals surface area contributed by atoms with Crippen molar-refractivity contribution in [3.05, 3.63) is 71.3 Å². The van der Waals surface area contributed by atoms with E-state index in [2.05, 4.69) is 18.2 Å². The predicted octanol–water partition coefficient (Wildman–Crippen LogP) is 5.18. The zero-order valence-corrected chi connectivity index (χ0v) is 19.8. The summed E-state index contributed by atoms with van der Waals surface area (Å²) in [6.45, 7) is 1.71. The van der Waals surface area contributed by atoms with Gasteiger partial charge >= 0.3 is 6.09 Å². The van der Waals surface area contributed by atoms with Crippen LogP contribution in [0.15, 0.2) is 54.6 Å². The molecular formula is C29H34N2O3. The molecule has 0 saturated heterocycles. The highest BCUT2D eigenvalue weighted by Crippen LogP contribution is 2.58. The molecular weight excluding hydrogens is 424 g/mol. The van der Waals surface area contributed by atoms with Gasteiger partial charge in [0, 0.05) is 18.6 Å². The van der Waals surface area contributed by atoms with Gasteiger partial charge in [-0.3, -0.25) is 9.69 Å². The second kappa shape index (κ2) is 8.75. The Kier molecular flexibility index (Phi) is 5.59. The van der Waals surface area contributed by atoms with Crippen molar-refractivity contribution in [3.8, 4) is 0 Å². The van der Waals surface area contributed by atoms with Crippen molar-refractivity contribution < 1.29 is 14.3 Å². The Hall–Kier alpha value is -2.82. The van der Waals surface area contributed by atoms with Crippen molar-refractivity contribution in [2.45, 2.75) is 63.6 Å². The molecule has 0 unspecified atom stereocenters. The monoisotopic (exact) mass is 458 g/mol. The lowest BCUT2D eigenvalue weighted by Gasteiger charge is -2.60. The molecule has 4 aliphatic carbocycles. The van der Waals surface area contributed by atoms with Gasteiger partial charge in [-0.2, -0.15) is 0 Å². The Labute approximate surface area is 202 Å². The van der Waals surface area contributed by atoms with Crippen LogP contribution in [0.2, 0.25) is 0 Å². The summed E-state index contributed by atoms with van der Waals surface area (Å²) < 4.78 is 5.84. The average Bonchev–Trinajstić information content (AvgIpc) is 2.85. The molecule has 5 aliphatic rings. The van der Waals surface area contributed by atoms with E-state index in [-0.39, 0.29) is 30.7 Å². The summed E-state index contributed by atoms with van der Waals surface area (Å²) in [5.41, 5.74) is 3.30. The Morgan fingerprint density at radius 3 is 2.18 bits per heavy atom. The molecule has 1 aliphatic heterocycles. The maximum absolute atomic E-state index is 13.6. The van der Waals surface area contributed by atoms with Crippen LogP contribution in [-0.2, 0) is 29.1 Å². The number of fused-ring (bicyclic) bond motifs is 1. The number of amides is 2. The molecule has 178 valence electrons. The Balaban J connectivity index is 1.22. The second-order valence-electron chi connectivity index (χ2n) is 11.1. The molecule has 5 heteroatoms. The van der Waals surface area contributed by atoms with Crippen LogP contribution in [0.5, 0.6) is 0 Å². The Morgan fingerprint density at radius 2 is 1.50 bits per heavy atom. The highest BCUT2D eigenvalue weighted by atomic mass is 16.6. The molecule has 0 atom stereocenters. The van der Waals surface area contributed by atoms with Crippen LogP contribution in [0.3, 0.4) is 0 Å². The molecule has 2 aromatic rings. The lowest BCUT2D eigenvalue weighted by Crippen LogP contribution is -2.63. The topological polar surface area (TPSA) is 49.9 Å². The molecule has 1 heterocycles. The van der Waals surface area contributed by atoms with Crippen LogP contribution in [0.1, 0.15) is 55.2 Å². The lowest BCUT2D eigenvalue weighted by atomic mass is 9.52. The molecule has 4 bridgehead atoms. The van der Waals surface area contributed by atoms with E-state index < -0.39 is 0 Å². The number of benzene rings is 2. The minimum absolute atomic E-state index is 0.0434. The number of carbonyl (C=O) groups excluding carboxylic acids is 2. The van der Waals surface area contributed by atoms with Crippen molar-refractivity contribution in [1.82, 2.24) is 9.80 Å². The SMILES string of the molecule is O=C(CN(C(=O)OCc1ccccc1)C12CC3CC(CC(C3)C1)C2)N1CCc2ccccc2C1.